The van der Waals surface area contributed by atoms with Crippen LogP contribution in [0.25, 0.3) is 33.9 Å². The summed E-state index contributed by atoms with van der Waals surface area (Å²) in [4.78, 5) is 8.34. The van der Waals surface area contributed by atoms with Crippen molar-refractivity contribution in [2.45, 2.75) is 30.7 Å². The number of hydrogen-bond acceptors (Lipinski definition) is 10. The second-order valence-corrected chi connectivity index (χ2v) is 9.44. The lowest BCUT2D eigenvalue weighted by molar-refractivity contribution is -0.280. The van der Waals surface area contributed by atoms with Gasteiger partial charge in [0.05, 0.1) is 39.3 Å². The van der Waals surface area contributed by atoms with Gasteiger partial charge in [-0.3, -0.25) is 0 Å². The van der Waals surface area contributed by atoms with E-state index >= 15 is 0 Å². The Morgan fingerprint density at radius 3 is 1.95 bits per heavy atom. The molecule has 0 aliphatic carbocycles. The van der Waals surface area contributed by atoms with E-state index in [1.807, 2.05) is 48.5 Å². The number of methoxy groups -OCH3 is 3. The molecule has 2 heterocycles. The van der Waals surface area contributed by atoms with Crippen LogP contribution in [0.5, 0.6) is 23.0 Å². The van der Waals surface area contributed by atoms with Gasteiger partial charge in [-0.1, -0.05) is 0 Å². The number of hydrogen-bond donors (Lipinski definition) is 5. The van der Waals surface area contributed by atoms with Gasteiger partial charge in [0.2, 0.25) is 0 Å². The Morgan fingerprint density at radius 1 is 0.756 bits per heavy atom. The molecule has 3 aromatic carbocycles. The van der Waals surface area contributed by atoms with Gasteiger partial charge in [-0.05, 0) is 66.7 Å². The van der Waals surface area contributed by atoms with E-state index in [9.17, 15) is 20.4 Å². The van der Waals surface area contributed by atoms with E-state index in [1.54, 1.807) is 32.4 Å². The zero-order valence-corrected chi connectivity index (χ0v) is 22.7. The molecule has 0 amide bonds. The number of aromatic nitrogens is 2. The molecule has 5 N–H and O–H groups in total. The molecule has 0 saturated carbocycles. The zero-order chi connectivity index (χ0) is 29.1. The molecule has 4 aromatic rings. The SMILES string of the molecule is COc1ccc(-c2nc(-c3ccc(O[C@@H]4[C@@H](O)[C@@H](O)[C@@H](CO)O[C@H]4O)c(OC)c3)[nH]c2-c2ccc(OC)cc2)cc1. The first-order valence-electron chi connectivity index (χ1n) is 12.9. The second-order valence-electron chi connectivity index (χ2n) is 9.44. The Labute approximate surface area is 236 Å². The fourth-order valence-corrected chi connectivity index (χ4v) is 4.69. The molecule has 1 aromatic heterocycles. The van der Waals surface area contributed by atoms with Gasteiger partial charge in [0.25, 0.3) is 0 Å². The van der Waals surface area contributed by atoms with Crippen LogP contribution in [-0.4, -0.2) is 89.0 Å². The van der Waals surface area contributed by atoms with Gasteiger partial charge in [0.1, 0.15) is 35.6 Å². The standard InChI is InChI=1S/C30H32N2O9/c1-37-19-9-4-16(5-10-19)24-25(17-6-11-20(38-2)12-7-17)32-29(31-24)18-8-13-21(22(14-18)39-3)40-28-27(35)26(34)23(15-33)41-30(28)36/h4-14,23,26-28,30,33-36H,15H2,1-3H3,(H,31,32)/t23-,26+,27+,28-,30-/m1/s1. The van der Waals surface area contributed by atoms with Crippen LogP contribution in [0.2, 0.25) is 0 Å². The maximum atomic E-state index is 10.5. The highest BCUT2D eigenvalue weighted by molar-refractivity contribution is 5.82. The molecular weight excluding hydrogens is 532 g/mol. The number of nitrogens with zero attached hydrogens (tertiary/aromatic N) is 1. The minimum atomic E-state index is -1.58. The minimum Gasteiger partial charge on any atom is -0.497 e. The van der Waals surface area contributed by atoms with E-state index in [0.717, 1.165) is 34.0 Å². The van der Waals surface area contributed by atoms with Gasteiger partial charge in [-0.2, -0.15) is 0 Å². The average Bonchev–Trinajstić information content (AvgIpc) is 3.46. The summed E-state index contributed by atoms with van der Waals surface area (Å²) in [6.07, 6.45) is -7.00. The molecule has 1 aliphatic heterocycles. The highest BCUT2D eigenvalue weighted by Crippen LogP contribution is 2.38. The van der Waals surface area contributed by atoms with Crippen molar-refractivity contribution in [3.63, 3.8) is 0 Å². The Kier molecular flexibility index (Phi) is 8.43. The summed E-state index contributed by atoms with van der Waals surface area (Å²) in [5.74, 6) is 2.53. The predicted octanol–water partition coefficient (Wildman–Crippen LogP) is 2.62. The molecule has 41 heavy (non-hydrogen) atoms. The quantitative estimate of drug-likeness (QED) is 0.205. The number of ether oxygens (including phenoxy) is 5. The van der Waals surface area contributed by atoms with Crippen molar-refractivity contribution in [3.8, 4) is 56.9 Å². The molecule has 5 atom stereocenters. The molecule has 5 rings (SSSR count). The van der Waals surface area contributed by atoms with Crippen LogP contribution in [0.15, 0.2) is 66.7 Å². The molecule has 0 bridgehead atoms. The second kappa shape index (κ2) is 12.2. The van der Waals surface area contributed by atoms with Crippen molar-refractivity contribution in [2.75, 3.05) is 27.9 Å². The number of H-pyrrole nitrogens is 1. The topological polar surface area (TPSA) is 156 Å². The van der Waals surface area contributed by atoms with Gasteiger partial charge >= 0.3 is 0 Å². The number of aromatic amines is 1. The lowest BCUT2D eigenvalue weighted by atomic mass is 9.99. The first-order valence-corrected chi connectivity index (χ1v) is 12.9. The van der Waals surface area contributed by atoms with Gasteiger partial charge in [-0.15, -0.1) is 0 Å². The van der Waals surface area contributed by atoms with E-state index in [-0.39, 0.29) is 5.75 Å². The Balaban J connectivity index is 1.50. The molecule has 11 nitrogen and oxygen atoms in total. The van der Waals surface area contributed by atoms with E-state index < -0.39 is 37.3 Å². The summed E-state index contributed by atoms with van der Waals surface area (Å²) in [5, 5.41) is 40.3. The third kappa shape index (κ3) is 5.71. The molecule has 0 radical (unpaired) electrons. The summed E-state index contributed by atoms with van der Waals surface area (Å²) in [5.41, 5.74) is 3.99. The van der Waals surface area contributed by atoms with Gasteiger partial charge in [0.15, 0.2) is 23.9 Å². The van der Waals surface area contributed by atoms with Crippen molar-refractivity contribution >= 4 is 0 Å². The molecular formula is C30H32N2O9. The van der Waals surface area contributed by atoms with E-state index in [2.05, 4.69) is 4.98 Å². The van der Waals surface area contributed by atoms with Crippen LogP contribution >= 0.6 is 0 Å². The number of benzene rings is 3. The first-order chi connectivity index (χ1) is 19.9. The monoisotopic (exact) mass is 564 g/mol. The summed E-state index contributed by atoms with van der Waals surface area (Å²) in [6, 6.07) is 20.3. The highest BCUT2D eigenvalue weighted by Gasteiger charge is 2.45. The van der Waals surface area contributed by atoms with Crippen molar-refractivity contribution in [3.05, 3.63) is 66.7 Å². The Morgan fingerprint density at radius 2 is 1.37 bits per heavy atom. The average molecular weight is 565 g/mol. The van der Waals surface area contributed by atoms with Gasteiger partial charge < -0.3 is 49.1 Å². The lowest BCUT2D eigenvalue weighted by Crippen LogP contribution is -2.60. The third-order valence-electron chi connectivity index (χ3n) is 6.99. The van der Waals surface area contributed by atoms with E-state index in [4.69, 9.17) is 28.7 Å². The predicted molar refractivity (Wildman–Crippen MR) is 149 cm³/mol. The fourth-order valence-electron chi connectivity index (χ4n) is 4.69. The first kappa shape index (κ1) is 28.4. The maximum Gasteiger partial charge on any atom is 0.195 e. The van der Waals surface area contributed by atoms with Crippen LogP contribution in [0, 0.1) is 0 Å². The maximum absolute atomic E-state index is 10.5. The van der Waals surface area contributed by atoms with Crippen molar-refractivity contribution in [1.82, 2.24) is 9.97 Å². The highest BCUT2D eigenvalue weighted by atomic mass is 16.7. The Bertz CT molecular complexity index is 1390. The van der Waals surface area contributed by atoms with Gasteiger partial charge in [-0.25, -0.2) is 4.98 Å². The number of nitrogens with one attached hydrogen (secondary N) is 1. The Hall–Kier alpha value is -4.13. The number of aliphatic hydroxyl groups excluding tert-OH is 4. The molecule has 11 heteroatoms. The van der Waals surface area contributed by atoms with Gasteiger partial charge in [0, 0.05) is 16.7 Å². The molecule has 216 valence electrons. The zero-order valence-electron chi connectivity index (χ0n) is 22.7. The van der Waals surface area contributed by atoms with Crippen LogP contribution in [0.4, 0.5) is 0 Å². The largest absolute Gasteiger partial charge is 0.497 e. The fraction of sp³-hybridized carbons (Fsp3) is 0.300. The molecule has 1 aliphatic rings. The molecule has 0 unspecified atom stereocenters. The normalized spacial score (nSPS) is 22.3. The van der Waals surface area contributed by atoms with Crippen LogP contribution < -0.4 is 18.9 Å². The molecule has 1 saturated heterocycles. The van der Waals surface area contributed by atoms with Crippen molar-refractivity contribution in [2.24, 2.45) is 0 Å². The minimum absolute atomic E-state index is 0.204. The summed E-state index contributed by atoms with van der Waals surface area (Å²) in [7, 11) is 4.69. The lowest BCUT2D eigenvalue weighted by Gasteiger charge is -2.39. The molecule has 0 spiro atoms. The van der Waals surface area contributed by atoms with E-state index in [1.165, 1.54) is 7.11 Å². The molecule has 1 fully saturated rings. The van der Waals surface area contributed by atoms with Crippen molar-refractivity contribution < 1.29 is 44.1 Å². The van der Waals surface area contributed by atoms with Crippen LogP contribution in [0.3, 0.4) is 0 Å². The van der Waals surface area contributed by atoms with E-state index in [0.29, 0.717) is 17.1 Å². The number of rotatable bonds is 9. The summed E-state index contributed by atoms with van der Waals surface area (Å²) < 4.78 is 27.2. The number of aliphatic hydroxyl groups is 4. The smallest absolute Gasteiger partial charge is 0.195 e. The third-order valence-corrected chi connectivity index (χ3v) is 6.99. The number of imidazole rings is 1. The van der Waals surface area contributed by atoms with Crippen LogP contribution in [0.1, 0.15) is 0 Å². The van der Waals surface area contributed by atoms with Crippen molar-refractivity contribution in [1.29, 1.82) is 0 Å². The summed E-state index contributed by atoms with van der Waals surface area (Å²) >= 11 is 0. The summed E-state index contributed by atoms with van der Waals surface area (Å²) in [6.45, 7) is -0.569. The van der Waals surface area contributed by atoms with Crippen LogP contribution in [-0.2, 0) is 4.74 Å².